The van der Waals surface area contributed by atoms with Gasteiger partial charge in [0.15, 0.2) is 0 Å². The van der Waals surface area contributed by atoms with Gasteiger partial charge in [0.2, 0.25) is 0 Å². The van der Waals surface area contributed by atoms with Crippen LogP contribution in [0, 0.1) is 6.07 Å². The zero-order valence-electron chi connectivity index (χ0n) is 3.39. The molecular formula is C5H4B. The van der Waals surface area contributed by atoms with Gasteiger partial charge in [-0.05, 0) is 0 Å². The molecule has 1 rings (SSSR count). The van der Waals surface area contributed by atoms with Gasteiger partial charge >= 0.3 is 37.0 Å². The van der Waals surface area contributed by atoms with E-state index in [0.29, 0.717) is 0 Å². The van der Waals surface area contributed by atoms with E-state index in [0.717, 1.165) is 0 Å². The molecule has 0 aliphatic rings. The monoisotopic (exact) mass is 75.0 g/mol. The summed E-state index contributed by atoms with van der Waals surface area (Å²) in [5.74, 6) is 3.89. The summed E-state index contributed by atoms with van der Waals surface area (Å²) in [6, 6.07) is 6.64. The first-order chi connectivity index (χ1) is 3.00. The van der Waals surface area contributed by atoms with Crippen LogP contribution in [0.15, 0.2) is 24.1 Å². The molecule has 0 nitrogen and oxygen atoms in total. The molecule has 1 heterocycles. The number of hydrogen-bond acceptors (Lipinski definition) is 0. The van der Waals surface area contributed by atoms with Crippen LogP contribution >= 0.6 is 0 Å². The molecule has 0 N–H and O–H groups in total. The summed E-state index contributed by atoms with van der Waals surface area (Å²) in [7, 11) is 0. The van der Waals surface area contributed by atoms with Crippen molar-refractivity contribution in [1.29, 1.82) is 0 Å². The van der Waals surface area contributed by atoms with Crippen molar-refractivity contribution in [1.82, 2.24) is 0 Å². The molecule has 0 saturated carbocycles. The van der Waals surface area contributed by atoms with Crippen molar-refractivity contribution in [2.45, 2.75) is 0 Å². The summed E-state index contributed by atoms with van der Waals surface area (Å²) in [6.45, 7) is 1.97. The molecule has 0 unspecified atom stereocenters. The molecule has 27 valence electrons. The van der Waals surface area contributed by atoms with Crippen LogP contribution in [0.4, 0.5) is 0 Å². The van der Waals surface area contributed by atoms with Crippen molar-refractivity contribution in [3.63, 3.8) is 0 Å². The van der Waals surface area contributed by atoms with Gasteiger partial charge in [0.25, 0.3) is 0 Å². The molecule has 0 aliphatic heterocycles. The average molecular weight is 74.9 g/mol. The molecule has 0 aliphatic carbocycles. The van der Waals surface area contributed by atoms with Crippen LogP contribution in [0.1, 0.15) is 0 Å². The van der Waals surface area contributed by atoms with Gasteiger partial charge in [-0.25, -0.2) is 0 Å². The molecule has 1 aromatic heterocycles. The maximum atomic E-state index is 2.89. The maximum absolute atomic E-state index is 2.89. The standard InChI is InChI=1S/C5H4B/c1-2-4-6-5-3-1/h2-5H. The molecule has 0 atom stereocenters. The molecule has 1 radical (unpaired) electrons. The molecule has 1 aromatic rings. The first-order valence-electron chi connectivity index (χ1n) is 1.91. The van der Waals surface area contributed by atoms with Crippen LogP contribution in [0.5, 0.6) is 0 Å². The van der Waals surface area contributed by atoms with Crippen LogP contribution in [0.25, 0.3) is 0 Å². The predicted molar refractivity (Wildman–Crippen MR) is 26.6 cm³/mol. The fraction of sp³-hybridized carbons (Fsp3) is 0. The Balaban J connectivity index is 3.00. The molecule has 0 bridgehead atoms. The summed E-state index contributed by atoms with van der Waals surface area (Å²) in [6.07, 6.45) is 0. The van der Waals surface area contributed by atoms with Crippen molar-refractivity contribution < 1.29 is 0 Å². The van der Waals surface area contributed by atoms with Crippen molar-refractivity contribution in [3.8, 4) is 0 Å². The van der Waals surface area contributed by atoms with E-state index >= 15 is 0 Å². The van der Waals surface area contributed by atoms with Crippen LogP contribution in [-0.4, -0.2) is 6.91 Å². The van der Waals surface area contributed by atoms with Gasteiger partial charge in [-0.15, -0.1) is 0 Å². The first kappa shape index (κ1) is 3.60. The Hall–Kier alpha value is -0.585. The summed E-state index contributed by atoms with van der Waals surface area (Å²) in [4.78, 5) is 0. The topological polar surface area (TPSA) is 0 Å². The second-order valence-electron chi connectivity index (χ2n) is 1.08. The molecule has 1 heteroatoms. The van der Waals surface area contributed by atoms with Crippen molar-refractivity contribution in [3.05, 3.63) is 30.1 Å². The second kappa shape index (κ2) is 1.76. The predicted octanol–water partition coefficient (Wildman–Crippen LogP) is 0.825. The minimum atomic E-state index is 1.88. The molecular weight excluding hydrogens is 70.9 g/mol. The Morgan fingerprint density at radius 1 is 1.17 bits per heavy atom. The average Bonchev–Trinajstić information content (AvgIpc) is 1.72. The Morgan fingerprint density at radius 2 is 1.83 bits per heavy atom. The SMILES string of the molecule is b1cc[c]cc1. The van der Waals surface area contributed by atoms with Crippen LogP contribution in [0.3, 0.4) is 0 Å². The van der Waals surface area contributed by atoms with E-state index in [1.165, 1.54) is 0 Å². The Bertz CT molecular complexity index is 75.9. The van der Waals surface area contributed by atoms with Crippen molar-refractivity contribution in [2.24, 2.45) is 0 Å². The zero-order chi connectivity index (χ0) is 4.24. The molecule has 0 saturated heterocycles. The van der Waals surface area contributed by atoms with Gasteiger partial charge in [0.05, 0.1) is 0 Å². The third kappa shape index (κ3) is 0.679. The summed E-state index contributed by atoms with van der Waals surface area (Å²) in [5, 5.41) is 0. The second-order valence-corrected chi connectivity index (χ2v) is 1.08. The van der Waals surface area contributed by atoms with Crippen molar-refractivity contribution >= 4 is 6.91 Å². The molecule has 0 spiro atoms. The Labute approximate surface area is 38.0 Å². The van der Waals surface area contributed by atoms with Crippen LogP contribution in [-0.2, 0) is 0 Å². The molecule has 0 fully saturated rings. The number of hydrogen-bond donors (Lipinski definition) is 0. The van der Waals surface area contributed by atoms with E-state index in [4.69, 9.17) is 0 Å². The Kier molecular flexibility index (Phi) is 1.05. The van der Waals surface area contributed by atoms with Gasteiger partial charge in [0.1, 0.15) is 0 Å². The molecule has 6 heavy (non-hydrogen) atoms. The van der Waals surface area contributed by atoms with Gasteiger partial charge in [-0.2, -0.15) is 0 Å². The summed E-state index contributed by atoms with van der Waals surface area (Å²) < 4.78 is 0. The van der Waals surface area contributed by atoms with Gasteiger partial charge in [-0.1, -0.05) is 0 Å². The number of rotatable bonds is 0. The fourth-order valence-electron chi connectivity index (χ4n) is 0.342. The fourth-order valence-corrected chi connectivity index (χ4v) is 0.342. The minimum absolute atomic E-state index is 1.88. The van der Waals surface area contributed by atoms with Gasteiger partial charge in [-0.3, -0.25) is 0 Å². The molecule has 0 aromatic carbocycles. The van der Waals surface area contributed by atoms with E-state index in [1.807, 2.05) is 31.0 Å². The summed E-state index contributed by atoms with van der Waals surface area (Å²) >= 11 is 0. The normalized spacial score (nSPS) is 7.33. The zero-order valence-corrected chi connectivity index (χ0v) is 3.39. The van der Waals surface area contributed by atoms with E-state index in [1.54, 1.807) is 0 Å². The molecule has 0 amide bonds. The van der Waals surface area contributed by atoms with Crippen LogP contribution < -0.4 is 0 Å². The summed E-state index contributed by atoms with van der Waals surface area (Å²) in [5.41, 5.74) is 0. The Morgan fingerprint density at radius 3 is 2.00 bits per heavy atom. The quantitative estimate of drug-likeness (QED) is 0.428. The van der Waals surface area contributed by atoms with Crippen molar-refractivity contribution in [2.75, 3.05) is 0 Å². The third-order valence-electron chi connectivity index (χ3n) is 0.607. The first-order valence-corrected chi connectivity index (χ1v) is 1.91. The van der Waals surface area contributed by atoms with Gasteiger partial charge < -0.3 is 0 Å². The van der Waals surface area contributed by atoms with E-state index in [9.17, 15) is 0 Å². The third-order valence-corrected chi connectivity index (χ3v) is 0.607. The van der Waals surface area contributed by atoms with E-state index in [2.05, 4.69) is 6.07 Å². The van der Waals surface area contributed by atoms with E-state index in [-0.39, 0.29) is 0 Å². The van der Waals surface area contributed by atoms with Gasteiger partial charge in [0, 0.05) is 0 Å². The van der Waals surface area contributed by atoms with Crippen LogP contribution in [0.2, 0.25) is 0 Å². The van der Waals surface area contributed by atoms with E-state index < -0.39 is 0 Å².